The molecule has 0 N–H and O–H groups in total. The van der Waals surface area contributed by atoms with Crippen molar-refractivity contribution < 1.29 is 4.74 Å². The molecular weight excluding hydrogens is 528 g/mol. The quantitative estimate of drug-likeness (QED) is 0.196. The first-order chi connectivity index (χ1) is 21.3. The Hall–Kier alpha value is -5.94. The molecule has 0 fully saturated rings. The van der Waals surface area contributed by atoms with E-state index in [1.54, 1.807) is 0 Å². The summed E-state index contributed by atoms with van der Waals surface area (Å²) in [4.78, 5) is 18.8. The second kappa shape index (κ2) is 11.9. The molecule has 5 aromatic carbocycles. The Kier molecular flexibility index (Phi) is 7.19. The van der Waals surface area contributed by atoms with Gasteiger partial charge >= 0.3 is 0 Å². The van der Waals surface area contributed by atoms with Crippen LogP contribution in [-0.4, -0.2) is 19.9 Å². The van der Waals surface area contributed by atoms with Crippen LogP contribution in [0.25, 0.3) is 56.5 Å². The zero-order chi connectivity index (χ0) is 28.8. The van der Waals surface area contributed by atoms with Gasteiger partial charge in [-0.15, -0.1) is 0 Å². The van der Waals surface area contributed by atoms with Crippen molar-refractivity contribution in [3.8, 4) is 68.0 Å². The summed E-state index contributed by atoms with van der Waals surface area (Å²) >= 11 is 0. The zero-order valence-corrected chi connectivity index (χ0v) is 23.2. The van der Waals surface area contributed by atoms with Crippen LogP contribution < -0.4 is 4.74 Å². The van der Waals surface area contributed by atoms with Crippen molar-refractivity contribution in [2.45, 2.75) is 0 Å². The van der Waals surface area contributed by atoms with Gasteiger partial charge in [-0.1, -0.05) is 103 Å². The predicted octanol–water partition coefficient (Wildman–Crippen LogP) is 9.39. The van der Waals surface area contributed by atoms with Crippen LogP contribution in [0.2, 0.25) is 0 Å². The molecule has 0 aliphatic carbocycles. The van der Waals surface area contributed by atoms with Crippen molar-refractivity contribution >= 4 is 0 Å². The zero-order valence-electron chi connectivity index (χ0n) is 23.2. The third-order valence-electron chi connectivity index (χ3n) is 7.08. The van der Waals surface area contributed by atoms with E-state index in [0.717, 1.165) is 50.6 Å². The smallest absolute Gasteiger partial charge is 0.164 e. The average Bonchev–Trinajstić information content (AvgIpc) is 3.10. The molecule has 7 rings (SSSR count). The van der Waals surface area contributed by atoms with Crippen LogP contribution in [0.5, 0.6) is 11.5 Å². The van der Waals surface area contributed by atoms with Crippen LogP contribution >= 0.6 is 0 Å². The lowest BCUT2D eigenvalue weighted by molar-refractivity contribution is 0.483. The maximum Gasteiger partial charge on any atom is 0.164 e. The maximum atomic E-state index is 6.16. The number of pyridine rings is 1. The van der Waals surface area contributed by atoms with Gasteiger partial charge in [-0.05, 0) is 59.7 Å². The molecule has 2 heterocycles. The van der Waals surface area contributed by atoms with E-state index in [0.29, 0.717) is 17.5 Å². The number of nitrogens with zero attached hydrogens (tertiary/aromatic N) is 4. The van der Waals surface area contributed by atoms with Gasteiger partial charge in [-0.2, -0.15) is 0 Å². The molecule has 43 heavy (non-hydrogen) atoms. The Morgan fingerprint density at radius 3 is 1.19 bits per heavy atom. The van der Waals surface area contributed by atoms with Crippen molar-refractivity contribution in [1.29, 1.82) is 0 Å². The lowest BCUT2D eigenvalue weighted by Crippen LogP contribution is -2.00. The molecule has 5 nitrogen and oxygen atoms in total. The number of hydrogen-bond donors (Lipinski definition) is 0. The Morgan fingerprint density at radius 2 is 0.721 bits per heavy atom. The molecule has 0 aliphatic heterocycles. The van der Waals surface area contributed by atoms with E-state index in [2.05, 4.69) is 41.4 Å². The first-order valence-electron chi connectivity index (χ1n) is 14.1. The predicted molar refractivity (Wildman–Crippen MR) is 171 cm³/mol. The van der Waals surface area contributed by atoms with Crippen LogP contribution in [0.1, 0.15) is 0 Å². The number of benzene rings is 5. The summed E-state index contributed by atoms with van der Waals surface area (Å²) in [7, 11) is 0. The molecule has 0 amide bonds. The molecular formula is C38H26N4O. The fraction of sp³-hybridized carbons (Fsp3) is 0. The highest BCUT2D eigenvalue weighted by atomic mass is 16.5. The van der Waals surface area contributed by atoms with Crippen LogP contribution in [-0.2, 0) is 0 Å². The van der Waals surface area contributed by atoms with Crippen molar-refractivity contribution in [3.63, 3.8) is 0 Å². The van der Waals surface area contributed by atoms with Crippen LogP contribution in [0.15, 0.2) is 158 Å². The van der Waals surface area contributed by atoms with Crippen molar-refractivity contribution in [2.24, 2.45) is 0 Å². The maximum absolute atomic E-state index is 6.16. The summed E-state index contributed by atoms with van der Waals surface area (Å²) < 4.78 is 6.16. The Bertz CT molecular complexity index is 1890. The van der Waals surface area contributed by atoms with Gasteiger partial charge in [0.1, 0.15) is 11.5 Å². The Balaban J connectivity index is 1.10. The van der Waals surface area contributed by atoms with E-state index in [9.17, 15) is 0 Å². The van der Waals surface area contributed by atoms with Crippen LogP contribution in [0.3, 0.4) is 0 Å². The molecule has 5 heteroatoms. The molecule has 0 atom stereocenters. The first kappa shape index (κ1) is 26.0. The standard InChI is InChI=1S/C38H26N4O/c1-3-9-30(10-4-1)36-40-37(31-11-5-2-6-12-31)42-38(41-36)32-20-24-34(25-21-32)43-33-22-18-28(19-23-33)27-14-16-29(17-15-27)35-13-7-8-26-39-35/h1-26H. The van der Waals surface area contributed by atoms with E-state index in [4.69, 9.17) is 19.7 Å². The topological polar surface area (TPSA) is 60.8 Å². The fourth-order valence-electron chi connectivity index (χ4n) is 4.83. The van der Waals surface area contributed by atoms with E-state index in [1.807, 2.05) is 121 Å². The summed E-state index contributed by atoms with van der Waals surface area (Å²) in [6, 6.07) is 50.3. The van der Waals surface area contributed by atoms with E-state index >= 15 is 0 Å². The van der Waals surface area contributed by atoms with Gasteiger partial charge in [0.25, 0.3) is 0 Å². The van der Waals surface area contributed by atoms with E-state index < -0.39 is 0 Å². The normalized spacial score (nSPS) is 10.8. The molecule has 0 bridgehead atoms. The van der Waals surface area contributed by atoms with Gasteiger partial charge < -0.3 is 4.74 Å². The van der Waals surface area contributed by atoms with E-state index in [-0.39, 0.29) is 0 Å². The molecule has 0 saturated carbocycles. The van der Waals surface area contributed by atoms with Gasteiger partial charge in [0, 0.05) is 28.5 Å². The molecule has 7 aromatic rings. The van der Waals surface area contributed by atoms with Crippen LogP contribution in [0, 0.1) is 0 Å². The molecule has 0 unspecified atom stereocenters. The van der Waals surface area contributed by atoms with Crippen molar-refractivity contribution in [2.75, 3.05) is 0 Å². The highest BCUT2D eigenvalue weighted by Gasteiger charge is 2.12. The summed E-state index contributed by atoms with van der Waals surface area (Å²) in [6.07, 6.45) is 1.81. The summed E-state index contributed by atoms with van der Waals surface area (Å²) in [5, 5.41) is 0. The van der Waals surface area contributed by atoms with Crippen molar-refractivity contribution in [3.05, 3.63) is 158 Å². The lowest BCUT2D eigenvalue weighted by atomic mass is 10.0. The third-order valence-corrected chi connectivity index (χ3v) is 7.08. The Morgan fingerprint density at radius 1 is 0.326 bits per heavy atom. The minimum absolute atomic E-state index is 0.609. The minimum Gasteiger partial charge on any atom is -0.457 e. The largest absolute Gasteiger partial charge is 0.457 e. The lowest BCUT2D eigenvalue weighted by Gasteiger charge is -2.10. The first-order valence-corrected chi connectivity index (χ1v) is 14.1. The molecule has 0 aliphatic rings. The second-order valence-corrected chi connectivity index (χ2v) is 9.98. The van der Waals surface area contributed by atoms with Gasteiger partial charge in [-0.3, -0.25) is 4.98 Å². The Labute approximate surface area is 250 Å². The van der Waals surface area contributed by atoms with Crippen molar-refractivity contribution in [1.82, 2.24) is 19.9 Å². The second-order valence-electron chi connectivity index (χ2n) is 9.98. The number of rotatable bonds is 7. The SMILES string of the molecule is c1ccc(-c2nc(-c3ccccc3)nc(-c3ccc(Oc4ccc(-c5ccc(-c6ccccn6)cc5)cc4)cc3)n2)cc1. The number of aromatic nitrogens is 4. The molecule has 0 saturated heterocycles. The summed E-state index contributed by atoms with van der Waals surface area (Å²) in [5.41, 5.74) is 7.08. The monoisotopic (exact) mass is 554 g/mol. The van der Waals surface area contributed by atoms with E-state index in [1.165, 1.54) is 0 Å². The summed E-state index contributed by atoms with van der Waals surface area (Å²) in [5.74, 6) is 3.38. The summed E-state index contributed by atoms with van der Waals surface area (Å²) in [6.45, 7) is 0. The van der Waals surface area contributed by atoms with Gasteiger partial charge in [0.15, 0.2) is 17.5 Å². The molecule has 0 spiro atoms. The number of ether oxygens (including phenoxy) is 1. The minimum atomic E-state index is 0.609. The molecule has 2 aromatic heterocycles. The third kappa shape index (κ3) is 5.92. The molecule has 0 radical (unpaired) electrons. The van der Waals surface area contributed by atoms with Gasteiger partial charge in [0.2, 0.25) is 0 Å². The highest BCUT2D eigenvalue weighted by Crippen LogP contribution is 2.30. The average molecular weight is 555 g/mol. The van der Waals surface area contributed by atoms with Gasteiger partial charge in [0.05, 0.1) is 5.69 Å². The highest BCUT2D eigenvalue weighted by molar-refractivity contribution is 5.70. The van der Waals surface area contributed by atoms with Crippen LogP contribution in [0.4, 0.5) is 0 Å². The van der Waals surface area contributed by atoms with Gasteiger partial charge in [-0.25, -0.2) is 15.0 Å². The number of hydrogen-bond acceptors (Lipinski definition) is 5. The molecule has 204 valence electrons. The fourth-order valence-corrected chi connectivity index (χ4v) is 4.83.